The molecule has 0 unspecified atom stereocenters. The van der Waals surface area contributed by atoms with Crippen LogP contribution >= 0.6 is 11.3 Å². The first-order valence-electron chi connectivity index (χ1n) is 9.51. The number of carbonyl (C=O) groups is 1. The van der Waals surface area contributed by atoms with Crippen LogP contribution in [0.4, 0.5) is 0 Å². The minimum atomic E-state index is -0.347. The van der Waals surface area contributed by atoms with Crippen LogP contribution in [0.5, 0.6) is 11.5 Å². The smallest absolute Gasteiger partial charge is 0.279 e. The molecule has 5 nitrogen and oxygen atoms in total. The van der Waals surface area contributed by atoms with Crippen LogP contribution in [-0.2, 0) is 6.54 Å². The molecule has 29 heavy (non-hydrogen) atoms. The summed E-state index contributed by atoms with van der Waals surface area (Å²) < 4.78 is 14.1. The number of amides is 1. The van der Waals surface area contributed by atoms with Gasteiger partial charge in [-0.1, -0.05) is 17.3 Å². The summed E-state index contributed by atoms with van der Waals surface area (Å²) in [7, 11) is 0. The molecule has 0 atom stereocenters. The van der Waals surface area contributed by atoms with Crippen molar-refractivity contribution in [2.24, 2.45) is 4.99 Å². The van der Waals surface area contributed by atoms with Crippen LogP contribution < -0.4 is 14.3 Å². The van der Waals surface area contributed by atoms with E-state index in [-0.39, 0.29) is 5.91 Å². The summed E-state index contributed by atoms with van der Waals surface area (Å²) in [5.74, 6) is 3.46. The van der Waals surface area contributed by atoms with Crippen LogP contribution in [0.1, 0.15) is 35.3 Å². The molecule has 0 aliphatic carbocycles. The third-order valence-corrected chi connectivity index (χ3v) is 5.58. The van der Waals surface area contributed by atoms with E-state index in [1.165, 1.54) is 22.5 Å². The van der Waals surface area contributed by atoms with Crippen molar-refractivity contribution in [1.29, 1.82) is 0 Å². The lowest BCUT2D eigenvalue weighted by atomic mass is 10.1. The molecule has 1 heterocycles. The van der Waals surface area contributed by atoms with Crippen LogP contribution in [-0.4, -0.2) is 23.7 Å². The zero-order valence-electron chi connectivity index (χ0n) is 17.1. The maximum atomic E-state index is 12.9. The Morgan fingerprint density at radius 1 is 1.10 bits per heavy atom. The number of fused-ring (bicyclic) bond motifs is 1. The molecule has 1 amide bonds. The summed E-state index contributed by atoms with van der Waals surface area (Å²) in [5.41, 5.74) is 3.79. The van der Waals surface area contributed by atoms with Gasteiger partial charge in [0.15, 0.2) is 16.3 Å². The molecule has 0 fully saturated rings. The van der Waals surface area contributed by atoms with Gasteiger partial charge in [-0.2, -0.15) is 4.99 Å². The maximum absolute atomic E-state index is 12.9. The van der Waals surface area contributed by atoms with Gasteiger partial charge in [0.2, 0.25) is 0 Å². The quantitative estimate of drug-likeness (QED) is 0.565. The third-order valence-electron chi connectivity index (χ3n) is 4.54. The highest BCUT2D eigenvalue weighted by Gasteiger charge is 2.13. The van der Waals surface area contributed by atoms with E-state index in [1.807, 2.05) is 18.4 Å². The molecule has 6 heteroatoms. The van der Waals surface area contributed by atoms with Crippen LogP contribution in [0.15, 0.2) is 35.3 Å². The second kappa shape index (κ2) is 8.97. The Morgan fingerprint density at radius 3 is 2.48 bits per heavy atom. The van der Waals surface area contributed by atoms with Gasteiger partial charge in [-0.15, -0.1) is 6.42 Å². The molecule has 0 aliphatic heterocycles. The molecule has 3 rings (SSSR count). The molecule has 3 aromatic rings. The minimum absolute atomic E-state index is 0.347. The van der Waals surface area contributed by atoms with E-state index in [1.54, 1.807) is 18.2 Å². The monoisotopic (exact) mass is 408 g/mol. The van der Waals surface area contributed by atoms with Crippen molar-refractivity contribution in [1.82, 2.24) is 4.57 Å². The first kappa shape index (κ1) is 20.7. The summed E-state index contributed by atoms with van der Waals surface area (Å²) in [6.45, 7) is 9.26. The van der Waals surface area contributed by atoms with Gasteiger partial charge >= 0.3 is 0 Å². The molecule has 2 aromatic carbocycles. The van der Waals surface area contributed by atoms with E-state index in [4.69, 9.17) is 15.9 Å². The number of carbonyl (C=O) groups excluding carboxylic acids is 1. The van der Waals surface area contributed by atoms with Gasteiger partial charge < -0.3 is 14.0 Å². The third kappa shape index (κ3) is 4.36. The Balaban J connectivity index is 2.09. The number of hydrogen-bond acceptors (Lipinski definition) is 4. The fourth-order valence-electron chi connectivity index (χ4n) is 2.99. The van der Waals surface area contributed by atoms with Gasteiger partial charge in [0.25, 0.3) is 5.91 Å². The Kier molecular flexibility index (Phi) is 6.40. The van der Waals surface area contributed by atoms with E-state index in [9.17, 15) is 4.79 Å². The lowest BCUT2D eigenvalue weighted by Crippen LogP contribution is -2.16. The van der Waals surface area contributed by atoms with E-state index in [2.05, 4.69) is 36.9 Å². The lowest BCUT2D eigenvalue weighted by Gasteiger charge is -2.11. The number of rotatable bonds is 6. The molecule has 0 bridgehead atoms. The minimum Gasteiger partial charge on any atom is -0.490 e. The van der Waals surface area contributed by atoms with Crippen LogP contribution in [0.25, 0.3) is 10.2 Å². The second-order valence-electron chi connectivity index (χ2n) is 6.52. The van der Waals surface area contributed by atoms with E-state index in [0.29, 0.717) is 41.6 Å². The zero-order valence-corrected chi connectivity index (χ0v) is 17.9. The fraction of sp³-hybridized carbons (Fsp3) is 0.304. The number of terminal acetylenes is 1. The number of benzene rings is 2. The molecule has 0 aliphatic rings. The first-order chi connectivity index (χ1) is 14.0. The molecule has 0 radical (unpaired) electrons. The number of nitrogens with zero attached hydrogens (tertiary/aromatic N) is 2. The van der Waals surface area contributed by atoms with Gasteiger partial charge in [-0.25, -0.2) is 0 Å². The summed E-state index contributed by atoms with van der Waals surface area (Å²) >= 11 is 1.46. The standard InChI is InChI=1S/C23H24N2O3S/c1-6-11-25-18-12-15(4)16(5)13-21(18)29-23(25)24-22(26)17-9-10-19(27-7-2)20(14-17)28-8-3/h1,9-10,12-14H,7-8,11H2,2-5H3. The summed E-state index contributed by atoms with van der Waals surface area (Å²) in [6.07, 6.45) is 5.56. The number of hydrogen-bond donors (Lipinski definition) is 0. The molecule has 1 aromatic heterocycles. The fourth-order valence-corrected chi connectivity index (χ4v) is 4.09. The van der Waals surface area contributed by atoms with Crippen LogP contribution in [0, 0.1) is 26.2 Å². The second-order valence-corrected chi connectivity index (χ2v) is 7.53. The maximum Gasteiger partial charge on any atom is 0.279 e. The molecule has 0 N–H and O–H groups in total. The highest BCUT2D eigenvalue weighted by molar-refractivity contribution is 7.16. The van der Waals surface area contributed by atoms with Crippen molar-refractivity contribution in [2.45, 2.75) is 34.2 Å². The number of ether oxygens (including phenoxy) is 2. The average Bonchev–Trinajstić information content (AvgIpc) is 3.00. The highest BCUT2D eigenvalue weighted by Crippen LogP contribution is 2.29. The topological polar surface area (TPSA) is 52.8 Å². The Morgan fingerprint density at radius 2 is 1.79 bits per heavy atom. The highest BCUT2D eigenvalue weighted by atomic mass is 32.1. The van der Waals surface area contributed by atoms with Crippen LogP contribution in [0.3, 0.4) is 0 Å². The van der Waals surface area contributed by atoms with Gasteiger partial charge in [0, 0.05) is 5.56 Å². The summed E-state index contributed by atoms with van der Waals surface area (Å²) in [6, 6.07) is 9.31. The molecular formula is C23H24N2O3S. The van der Waals surface area contributed by atoms with E-state index >= 15 is 0 Å². The predicted octanol–water partition coefficient (Wildman–Crippen LogP) is 4.49. The van der Waals surface area contributed by atoms with Crippen molar-refractivity contribution >= 4 is 27.5 Å². The zero-order chi connectivity index (χ0) is 21.0. The predicted molar refractivity (Wildman–Crippen MR) is 117 cm³/mol. The van der Waals surface area contributed by atoms with Crippen molar-refractivity contribution < 1.29 is 14.3 Å². The van der Waals surface area contributed by atoms with Gasteiger partial charge in [-0.3, -0.25) is 4.79 Å². The molecular weight excluding hydrogens is 384 g/mol. The molecule has 0 spiro atoms. The summed E-state index contributed by atoms with van der Waals surface area (Å²) in [4.78, 5) is 17.8. The Labute approximate surface area is 174 Å². The number of thiazole rings is 1. The Bertz CT molecular complexity index is 1170. The molecule has 0 saturated carbocycles. The van der Waals surface area contributed by atoms with Crippen molar-refractivity contribution in [3.63, 3.8) is 0 Å². The van der Waals surface area contributed by atoms with Crippen molar-refractivity contribution in [2.75, 3.05) is 13.2 Å². The number of aryl methyl sites for hydroxylation is 2. The van der Waals surface area contributed by atoms with Crippen molar-refractivity contribution in [3.8, 4) is 23.8 Å². The van der Waals surface area contributed by atoms with Gasteiger partial charge in [0.05, 0.1) is 30.0 Å². The summed E-state index contributed by atoms with van der Waals surface area (Å²) in [5, 5.41) is 0. The average molecular weight is 409 g/mol. The van der Waals surface area contributed by atoms with Crippen molar-refractivity contribution in [3.05, 3.63) is 51.8 Å². The van der Waals surface area contributed by atoms with E-state index < -0.39 is 0 Å². The first-order valence-corrected chi connectivity index (χ1v) is 10.3. The van der Waals surface area contributed by atoms with Gasteiger partial charge in [-0.05, 0) is 69.2 Å². The van der Waals surface area contributed by atoms with Crippen LogP contribution in [0.2, 0.25) is 0 Å². The normalized spacial score (nSPS) is 11.5. The SMILES string of the molecule is C#CCn1c(=NC(=O)c2ccc(OCC)c(OCC)c2)sc2cc(C)c(C)cc21. The molecule has 150 valence electrons. The Hall–Kier alpha value is -3.04. The lowest BCUT2D eigenvalue weighted by molar-refractivity contribution is 0.0997. The number of aromatic nitrogens is 1. The largest absolute Gasteiger partial charge is 0.490 e. The molecule has 0 saturated heterocycles. The van der Waals surface area contributed by atoms with Gasteiger partial charge in [0.1, 0.15) is 0 Å². The van der Waals surface area contributed by atoms with E-state index in [0.717, 1.165) is 10.2 Å².